The standard InChI is InChI=1S/C19H21N5OS/c1-23(2)17-11-14(9-10-20-17)12-21-18(25)16-13-22-19(26-3)24(16)15-7-5-4-6-8-15/h4-11,13H,12H2,1-3H3,(H,21,25). The number of benzene rings is 1. The van der Waals surface area contributed by atoms with Crippen molar-refractivity contribution in [1.29, 1.82) is 0 Å². The summed E-state index contributed by atoms with van der Waals surface area (Å²) in [4.78, 5) is 23.3. The number of carbonyl (C=O) groups excluding carboxylic acids is 1. The Morgan fingerprint density at radius 2 is 1.96 bits per heavy atom. The molecule has 0 bridgehead atoms. The maximum atomic E-state index is 12.8. The van der Waals surface area contributed by atoms with E-state index in [9.17, 15) is 4.79 Å². The van der Waals surface area contributed by atoms with Crippen LogP contribution in [0.2, 0.25) is 0 Å². The Hall–Kier alpha value is -2.80. The fourth-order valence-corrected chi connectivity index (χ4v) is 3.10. The summed E-state index contributed by atoms with van der Waals surface area (Å²) < 4.78 is 1.87. The van der Waals surface area contributed by atoms with E-state index in [-0.39, 0.29) is 5.91 Å². The highest BCUT2D eigenvalue weighted by Gasteiger charge is 2.17. The summed E-state index contributed by atoms with van der Waals surface area (Å²) in [5.74, 6) is 0.695. The van der Waals surface area contributed by atoms with Gasteiger partial charge in [0.2, 0.25) is 0 Å². The Kier molecular flexibility index (Phi) is 5.58. The molecular weight excluding hydrogens is 346 g/mol. The van der Waals surface area contributed by atoms with Crippen LogP contribution >= 0.6 is 11.8 Å². The molecule has 3 rings (SSSR count). The lowest BCUT2D eigenvalue weighted by Crippen LogP contribution is -2.25. The molecular formula is C19H21N5OS. The second-order valence-corrected chi connectivity index (χ2v) is 6.67. The van der Waals surface area contributed by atoms with Crippen molar-refractivity contribution in [2.24, 2.45) is 0 Å². The summed E-state index contributed by atoms with van der Waals surface area (Å²) in [6.45, 7) is 0.427. The second kappa shape index (κ2) is 8.05. The van der Waals surface area contributed by atoms with E-state index in [1.54, 1.807) is 12.4 Å². The van der Waals surface area contributed by atoms with Gasteiger partial charge >= 0.3 is 0 Å². The van der Waals surface area contributed by atoms with Crippen molar-refractivity contribution in [1.82, 2.24) is 19.9 Å². The molecule has 0 radical (unpaired) electrons. The van der Waals surface area contributed by atoms with Crippen LogP contribution in [0.4, 0.5) is 5.82 Å². The molecule has 6 nitrogen and oxygen atoms in total. The van der Waals surface area contributed by atoms with Crippen LogP contribution in [0.25, 0.3) is 5.69 Å². The molecule has 0 spiro atoms. The zero-order chi connectivity index (χ0) is 18.5. The lowest BCUT2D eigenvalue weighted by atomic mass is 10.2. The van der Waals surface area contributed by atoms with Crippen LogP contribution in [0, 0.1) is 0 Å². The lowest BCUT2D eigenvalue weighted by molar-refractivity contribution is 0.0943. The number of hydrogen-bond acceptors (Lipinski definition) is 5. The monoisotopic (exact) mass is 367 g/mol. The summed E-state index contributed by atoms with van der Waals surface area (Å²) in [7, 11) is 3.88. The number of thioether (sulfide) groups is 1. The van der Waals surface area contributed by atoms with Crippen LogP contribution in [0.1, 0.15) is 16.1 Å². The number of nitrogens with one attached hydrogen (secondary N) is 1. The molecule has 0 saturated carbocycles. The number of nitrogens with zero attached hydrogens (tertiary/aromatic N) is 4. The van der Waals surface area contributed by atoms with Crippen molar-refractivity contribution in [2.45, 2.75) is 11.7 Å². The van der Waals surface area contributed by atoms with E-state index >= 15 is 0 Å². The highest BCUT2D eigenvalue weighted by atomic mass is 32.2. The predicted octanol–water partition coefficient (Wildman–Crippen LogP) is 2.99. The number of para-hydroxylation sites is 1. The Morgan fingerprint density at radius 1 is 1.19 bits per heavy atom. The molecule has 0 aliphatic heterocycles. The first kappa shape index (κ1) is 18.0. The van der Waals surface area contributed by atoms with Crippen molar-refractivity contribution >= 4 is 23.5 Å². The Morgan fingerprint density at radius 3 is 2.65 bits per heavy atom. The Bertz CT molecular complexity index is 892. The molecule has 134 valence electrons. The van der Waals surface area contributed by atoms with Gasteiger partial charge in [-0.25, -0.2) is 9.97 Å². The van der Waals surface area contributed by atoms with Crippen molar-refractivity contribution in [3.63, 3.8) is 0 Å². The zero-order valence-electron chi connectivity index (χ0n) is 15.0. The number of pyridine rings is 1. The minimum atomic E-state index is -0.162. The summed E-state index contributed by atoms with van der Waals surface area (Å²) in [6, 6.07) is 13.6. The SMILES string of the molecule is CSc1ncc(C(=O)NCc2ccnc(N(C)C)c2)n1-c1ccccc1. The van der Waals surface area contributed by atoms with Gasteiger partial charge in [-0.3, -0.25) is 9.36 Å². The number of hydrogen-bond donors (Lipinski definition) is 1. The fraction of sp³-hybridized carbons (Fsp3) is 0.211. The van der Waals surface area contributed by atoms with Crippen molar-refractivity contribution in [3.05, 3.63) is 66.1 Å². The summed E-state index contributed by atoms with van der Waals surface area (Å²) in [6.07, 6.45) is 5.31. The van der Waals surface area contributed by atoms with Gasteiger partial charge in [0, 0.05) is 32.5 Å². The molecule has 0 saturated heterocycles. The minimum absolute atomic E-state index is 0.162. The number of rotatable bonds is 6. The van der Waals surface area contributed by atoms with E-state index in [2.05, 4.69) is 15.3 Å². The average Bonchev–Trinajstić information content (AvgIpc) is 3.11. The molecule has 0 fully saturated rings. The minimum Gasteiger partial charge on any atom is -0.363 e. The molecule has 0 atom stereocenters. The molecule has 7 heteroatoms. The number of imidazole rings is 1. The smallest absolute Gasteiger partial charge is 0.270 e. The summed E-state index contributed by atoms with van der Waals surface area (Å²) >= 11 is 1.51. The zero-order valence-corrected chi connectivity index (χ0v) is 15.8. The number of anilines is 1. The van der Waals surface area contributed by atoms with Gasteiger partial charge in [0.05, 0.1) is 6.20 Å². The average molecular weight is 367 g/mol. The molecule has 0 aliphatic carbocycles. The van der Waals surface area contributed by atoms with E-state index < -0.39 is 0 Å². The van der Waals surface area contributed by atoms with E-state index in [0.717, 1.165) is 22.2 Å². The first-order chi connectivity index (χ1) is 12.6. The largest absolute Gasteiger partial charge is 0.363 e. The maximum Gasteiger partial charge on any atom is 0.270 e. The molecule has 1 N–H and O–H groups in total. The molecule has 1 amide bonds. The van der Waals surface area contributed by atoms with E-state index in [4.69, 9.17) is 0 Å². The molecule has 0 unspecified atom stereocenters. The number of amides is 1. The van der Waals surface area contributed by atoms with Gasteiger partial charge in [0.15, 0.2) is 5.16 Å². The summed E-state index contributed by atoms with van der Waals surface area (Å²) in [5, 5.41) is 3.75. The van der Waals surface area contributed by atoms with Gasteiger partial charge in [-0.05, 0) is 36.1 Å². The molecule has 0 aliphatic rings. The predicted molar refractivity (Wildman–Crippen MR) is 105 cm³/mol. The third-order valence-corrected chi connectivity index (χ3v) is 4.53. The second-order valence-electron chi connectivity index (χ2n) is 5.90. The van der Waals surface area contributed by atoms with Gasteiger partial charge in [0.1, 0.15) is 11.5 Å². The Balaban J connectivity index is 1.81. The van der Waals surface area contributed by atoms with Crippen LogP contribution in [0.3, 0.4) is 0 Å². The molecule has 2 heterocycles. The van der Waals surface area contributed by atoms with Crippen LogP contribution in [-0.2, 0) is 6.54 Å². The van der Waals surface area contributed by atoms with Gasteiger partial charge in [-0.1, -0.05) is 30.0 Å². The van der Waals surface area contributed by atoms with Crippen LogP contribution in [0.5, 0.6) is 0 Å². The quantitative estimate of drug-likeness (QED) is 0.679. The highest BCUT2D eigenvalue weighted by Crippen LogP contribution is 2.21. The van der Waals surface area contributed by atoms with E-state index in [0.29, 0.717) is 12.2 Å². The Labute approximate surface area is 157 Å². The number of aromatic nitrogens is 3. The van der Waals surface area contributed by atoms with E-state index in [1.165, 1.54) is 11.8 Å². The van der Waals surface area contributed by atoms with Crippen LogP contribution in [-0.4, -0.2) is 40.8 Å². The topological polar surface area (TPSA) is 63.1 Å². The number of carbonyl (C=O) groups is 1. The molecule has 3 aromatic rings. The van der Waals surface area contributed by atoms with Crippen molar-refractivity contribution in [3.8, 4) is 5.69 Å². The third kappa shape index (κ3) is 3.88. The fourth-order valence-electron chi connectivity index (χ4n) is 2.55. The van der Waals surface area contributed by atoms with Gasteiger partial charge in [-0.2, -0.15) is 0 Å². The molecule has 2 aromatic heterocycles. The van der Waals surface area contributed by atoms with Crippen molar-refractivity contribution < 1.29 is 4.79 Å². The molecule has 26 heavy (non-hydrogen) atoms. The van der Waals surface area contributed by atoms with Crippen LogP contribution < -0.4 is 10.2 Å². The first-order valence-corrected chi connectivity index (χ1v) is 9.40. The lowest BCUT2D eigenvalue weighted by Gasteiger charge is -2.13. The van der Waals surface area contributed by atoms with Gasteiger partial charge < -0.3 is 10.2 Å². The van der Waals surface area contributed by atoms with Gasteiger partial charge in [-0.15, -0.1) is 0 Å². The van der Waals surface area contributed by atoms with Crippen molar-refractivity contribution in [2.75, 3.05) is 25.3 Å². The summed E-state index contributed by atoms with van der Waals surface area (Å²) in [5.41, 5.74) is 2.42. The first-order valence-electron chi connectivity index (χ1n) is 8.17. The normalized spacial score (nSPS) is 10.6. The molecule has 1 aromatic carbocycles. The highest BCUT2D eigenvalue weighted by molar-refractivity contribution is 7.98. The third-order valence-electron chi connectivity index (χ3n) is 3.88. The van der Waals surface area contributed by atoms with Crippen LogP contribution in [0.15, 0.2) is 60.0 Å². The van der Waals surface area contributed by atoms with E-state index in [1.807, 2.05) is 72.3 Å². The van der Waals surface area contributed by atoms with Gasteiger partial charge in [0.25, 0.3) is 5.91 Å². The maximum absolute atomic E-state index is 12.8.